The number of hydrogen-bond acceptors (Lipinski definition) is 4. The van der Waals surface area contributed by atoms with Gasteiger partial charge >= 0.3 is 5.97 Å². The molecule has 7 heteroatoms. The maximum absolute atomic E-state index is 12.1. The lowest BCUT2D eigenvalue weighted by Crippen LogP contribution is -2.42. The average Bonchev–Trinajstić information content (AvgIpc) is 2.99. The van der Waals surface area contributed by atoms with Gasteiger partial charge in [-0.15, -0.1) is 0 Å². The Labute approximate surface area is 121 Å². The number of carboxylic acids is 1. The molecule has 0 saturated heterocycles. The zero-order valence-electron chi connectivity index (χ0n) is 11.2. The smallest absolute Gasteiger partial charge is 0.326 e. The summed E-state index contributed by atoms with van der Waals surface area (Å²) in [5.41, 5.74) is 7.42. The normalized spacial score (nSPS) is 11.9. The van der Waals surface area contributed by atoms with Crippen LogP contribution in [0.2, 0.25) is 0 Å². The number of carboxylic acid groups (broad SMARTS) is 1. The number of carbonyl (C=O) groups is 2. The second kappa shape index (κ2) is 6.67. The number of aromatic amines is 1. The molecule has 0 fully saturated rings. The van der Waals surface area contributed by atoms with Gasteiger partial charge < -0.3 is 21.1 Å². The van der Waals surface area contributed by atoms with Crippen LogP contribution in [0, 0.1) is 0 Å². The molecule has 1 aromatic heterocycles. The van der Waals surface area contributed by atoms with E-state index in [1.165, 1.54) is 12.5 Å². The minimum absolute atomic E-state index is 0.141. The maximum atomic E-state index is 12.1. The topological polar surface area (TPSA) is 121 Å². The van der Waals surface area contributed by atoms with Crippen molar-refractivity contribution in [2.45, 2.75) is 19.0 Å². The number of amides is 1. The molecule has 0 spiro atoms. The summed E-state index contributed by atoms with van der Waals surface area (Å²) in [6, 6.07) is 5.69. The number of imidazole rings is 1. The number of carbonyl (C=O) groups excluding carboxylic acids is 1. The van der Waals surface area contributed by atoms with Crippen LogP contribution in [0.4, 0.5) is 0 Å². The van der Waals surface area contributed by atoms with Crippen LogP contribution in [0.15, 0.2) is 36.8 Å². The first-order chi connectivity index (χ1) is 10.1. The fourth-order valence-electron chi connectivity index (χ4n) is 1.85. The molecule has 0 aliphatic rings. The fraction of sp³-hybridized carbons (Fsp3) is 0.214. The van der Waals surface area contributed by atoms with Gasteiger partial charge in [0.1, 0.15) is 6.04 Å². The largest absolute Gasteiger partial charge is 0.480 e. The average molecular weight is 288 g/mol. The van der Waals surface area contributed by atoms with Crippen molar-refractivity contribution in [3.8, 4) is 0 Å². The van der Waals surface area contributed by atoms with E-state index in [1.54, 1.807) is 24.3 Å². The van der Waals surface area contributed by atoms with Crippen LogP contribution in [-0.4, -0.2) is 33.0 Å². The highest BCUT2D eigenvalue weighted by atomic mass is 16.4. The van der Waals surface area contributed by atoms with E-state index in [9.17, 15) is 14.7 Å². The van der Waals surface area contributed by atoms with E-state index in [4.69, 9.17) is 5.73 Å². The molecule has 0 radical (unpaired) electrons. The molecule has 21 heavy (non-hydrogen) atoms. The summed E-state index contributed by atoms with van der Waals surface area (Å²) < 4.78 is 0. The highest BCUT2D eigenvalue weighted by Gasteiger charge is 2.21. The lowest BCUT2D eigenvalue weighted by molar-refractivity contribution is -0.139. The van der Waals surface area contributed by atoms with E-state index >= 15 is 0 Å². The predicted molar refractivity (Wildman–Crippen MR) is 75.5 cm³/mol. The predicted octanol–water partition coefficient (Wildman–Crippen LogP) is 0.294. The van der Waals surface area contributed by atoms with Gasteiger partial charge in [-0.05, 0) is 17.7 Å². The highest BCUT2D eigenvalue weighted by molar-refractivity contribution is 5.96. The van der Waals surface area contributed by atoms with Crippen LogP contribution >= 0.6 is 0 Å². The Morgan fingerprint density at radius 1 is 1.33 bits per heavy atom. The molecule has 1 atom stereocenters. The van der Waals surface area contributed by atoms with Gasteiger partial charge in [0.2, 0.25) is 0 Å². The minimum atomic E-state index is -1.10. The van der Waals surface area contributed by atoms with Gasteiger partial charge in [0.15, 0.2) is 0 Å². The Morgan fingerprint density at radius 3 is 2.57 bits per heavy atom. The summed E-state index contributed by atoms with van der Waals surface area (Å²) in [5.74, 6) is -1.54. The summed E-state index contributed by atoms with van der Waals surface area (Å²) in [4.78, 5) is 29.9. The van der Waals surface area contributed by atoms with Crippen molar-refractivity contribution in [3.63, 3.8) is 0 Å². The van der Waals surface area contributed by atoms with Crippen molar-refractivity contribution in [1.82, 2.24) is 15.3 Å². The number of nitrogens with two attached hydrogens (primary N) is 1. The van der Waals surface area contributed by atoms with Gasteiger partial charge in [-0.3, -0.25) is 4.79 Å². The molecule has 7 nitrogen and oxygen atoms in total. The van der Waals surface area contributed by atoms with E-state index in [-0.39, 0.29) is 6.42 Å². The first-order valence-electron chi connectivity index (χ1n) is 6.40. The van der Waals surface area contributed by atoms with Crippen LogP contribution < -0.4 is 11.1 Å². The molecular weight excluding hydrogens is 272 g/mol. The number of aromatic nitrogens is 2. The monoisotopic (exact) mass is 288 g/mol. The third-order valence-electron chi connectivity index (χ3n) is 3.03. The SMILES string of the molecule is NCc1ccc(C(=O)N[C@@H](Cc2cnc[nH]2)C(=O)O)cc1. The van der Waals surface area contributed by atoms with Crippen molar-refractivity contribution in [1.29, 1.82) is 0 Å². The van der Waals surface area contributed by atoms with Crippen LogP contribution in [0.25, 0.3) is 0 Å². The lowest BCUT2D eigenvalue weighted by Gasteiger charge is -2.13. The van der Waals surface area contributed by atoms with Crippen molar-refractivity contribution >= 4 is 11.9 Å². The van der Waals surface area contributed by atoms with Gasteiger partial charge in [0.05, 0.1) is 6.33 Å². The van der Waals surface area contributed by atoms with Gasteiger partial charge in [0.25, 0.3) is 5.91 Å². The van der Waals surface area contributed by atoms with E-state index in [0.717, 1.165) is 5.56 Å². The summed E-state index contributed by atoms with van der Waals surface area (Å²) in [6.45, 7) is 0.388. The second-order valence-electron chi connectivity index (χ2n) is 4.55. The van der Waals surface area contributed by atoms with Gasteiger partial charge in [0, 0.05) is 30.4 Å². The molecule has 0 bridgehead atoms. The molecule has 1 heterocycles. The molecule has 1 aromatic carbocycles. The lowest BCUT2D eigenvalue weighted by atomic mass is 10.1. The first kappa shape index (κ1) is 14.7. The molecule has 0 aliphatic carbocycles. The molecule has 2 rings (SSSR count). The van der Waals surface area contributed by atoms with Gasteiger partial charge in [-0.2, -0.15) is 0 Å². The summed E-state index contributed by atoms with van der Waals surface area (Å²) >= 11 is 0. The summed E-state index contributed by atoms with van der Waals surface area (Å²) in [5, 5.41) is 11.7. The Bertz CT molecular complexity index is 608. The third kappa shape index (κ3) is 3.90. The second-order valence-corrected chi connectivity index (χ2v) is 4.55. The molecule has 2 aromatic rings. The Morgan fingerprint density at radius 2 is 2.05 bits per heavy atom. The van der Waals surface area contributed by atoms with E-state index in [0.29, 0.717) is 17.8 Å². The number of H-pyrrole nitrogens is 1. The Balaban J connectivity index is 2.05. The van der Waals surface area contributed by atoms with Crippen molar-refractivity contribution in [3.05, 3.63) is 53.6 Å². The van der Waals surface area contributed by atoms with Crippen molar-refractivity contribution in [2.24, 2.45) is 5.73 Å². The number of hydrogen-bond donors (Lipinski definition) is 4. The van der Waals surface area contributed by atoms with Crippen LogP contribution in [0.3, 0.4) is 0 Å². The number of benzene rings is 1. The van der Waals surface area contributed by atoms with Crippen molar-refractivity contribution in [2.75, 3.05) is 0 Å². The molecule has 0 unspecified atom stereocenters. The number of nitrogens with zero attached hydrogens (tertiary/aromatic N) is 1. The molecule has 5 N–H and O–H groups in total. The van der Waals surface area contributed by atoms with E-state index in [2.05, 4.69) is 15.3 Å². The molecule has 0 aliphatic heterocycles. The number of rotatable bonds is 6. The Kier molecular flexibility index (Phi) is 4.68. The zero-order chi connectivity index (χ0) is 15.2. The quantitative estimate of drug-likeness (QED) is 0.609. The summed E-state index contributed by atoms with van der Waals surface area (Å²) in [6.07, 6.45) is 3.13. The van der Waals surface area contributed by atoms with Crippen LogP contribution in [-0.2, 0) is 17.8 Å². The Hall–Kier alpha value is -2.67. The van der Waals surface area contributed by atoms with Crippen LogP contribution in [0.1, 0.15) is 21.6 Å². The van der Waals surface area contributed by atoms with E-state index < -0.39 is 17.9 Å². The molecule has 1 amide bonds. The summed E-state index contributed by atoms with van der Waals surface area (Å²) in [7, 11) is 0. The first-order valence-corrected chi connectivity index (χ1v) is 6.40. The van der Waals surface area contributed by atoms with Crippen molar-refractivity contribution < 1.29 is 14.7 Å². The number of aliphatic carboxylic acids is 1. The maximum Gasteiger partial charge on any atom is 0.326 e. The van der Waals surface area contributed by atoms with Gasteiger partial charge in [-0.1, -0.05) is 12.1 Å². The number of nitrogens with one attached hydrogen (secondary N) is 2. The fourth-order valence-corrected chi connectivity index (χ4v) is 1.85. The molecular formula is C14H16N4O3. The standard InChI is InChI=1S/C14H16N4O3/c15-6-9-1-3-10(4-2-9)13(19)18-12(14(20)21)5-11-7-16-8-17-11/h1-4,7-8,12H,5-6,15H2,(H,16,17)(H,18,19)(H,20,21)/t12-/m0/s1. The minimum Gasteiger partial charge on any atom is -0.480 e. The van der Waals surface area contributed by atoms with Gasteiger partial charge in [-0.25, -0.2) is 9.78 Å². The highest BCUT2D eigenvalue weighted by Crippen LogP contribution is 2.05. The molecule has 110 valence electrons. The zero-order valence-corrected chi connectivity index (χ0v) is 11.2. The third-order valence-corrected chi connectivity index (χ3v) is 3.03. The van der Waals surface area contributed by atoms with Crippen LogP contribution in [0.5, 0.6) is 0 Å². The molecule has 0 saturated carbocycles. The van der Waals surface area contributed by atoms with E-state index in [1.807, 2.05) is 0 Å².